The first-order chi connectivity index (χ1) is 11.5. The van der Waals surface area contributed by atoms with Gasteiger partial charge >= 0.3 is 5.97 Å². The molecule has 0 aromatic heterocycles. The zero-order valence-electron chi connectivity index (χ0n) is 14.6. The van der Waals surface area contributed by atoms with Crippen molar-refractivity contribution in [2.24, 2.45) is 5.92 Å². The van der Waals surface area contributed by atoms with Crippen molar-refractivity contribution >= 4 is 26.0 Å². The van der Waals surface area contributed by atoms with Gasteiger partial charge in [0.05, 0.1) is 9.79 Å². The molecular formula is C15H24N2O6S2. The maximum atomic E-state index is 12.4. The SMILES string of the molecule is CCN(CC)S(=O)(=O)c1ccc(S(=O)(=O)NC(C(=O)O)C(C)C)cc1. The fourth-order valence-electron chi connectivity index (χ4n) is 2.21. The van der Waals surface area contributed by atoms with E-state index in [2.05, 4.69) is 4.72 Å². The Morgan fingerprint density at radius 2 is 1.48 bits per heavy atom. The minimum atomic E-state index is -4.08. The van der Waals surface area contributed by atoms with Crippen molar-refractivity contribution in [1.29, 1.82) is 0 Å². The van der Waals surface area contributed by atoms with Gasteiger partial charge in [0.25, 0.3) is 0 Å². The van der Waals surface area contributed by atoms with Gasteiger partial charge in [0, 0.05) is 13.1 Å². The van der Waals surface area contributed by atoms with Gasteiger partial charge in [-0.3, -0.25) is 4.79 Å². The molecule has 0 fully saturated rings. The molecule has 0 amide bonds. The Morgan fingerprint density at radius 3 is 1.84 bits per heavy atom. The third-order valence-corrected chi connectivity index (χ3v) is 7.21. The van der Waals surface area contributed by atoms with E-state index in [1.807, 2.05) is 0 Å². The van der Waals surface area contributed by atoms with Crippen molar-refractivity contribution in [3.05, 3.63) is 24.3 Å². The Bertz CT molecular complexity index is 797. The smallest absolute Gasteiger partial charge is 0.322 e. The van der Waals surface area contributed by atoms with Crippen molar-refractivity contribution in [2.45, 2.75) is 43.5 Å². The lowest BCUT2D eigenvalue weighted by Gasteiger charge is -2.19. The summed E-state index contributed by atoms with van der Waals surface area (Å²) in [5.74, 6) is -1.73. The zero-order chi connectivity index (χ0) is 19.4. The zero-order valence-corrected chi connectivity index (χ0v) is 16.3. The number of aliphatic carboxylic acids is 1. The highest BCUT2D eigenvalue weighted by molar-refractivity contribution is 7.89. The summed E-state index contributed by atoms with van der Waals surface area (Å²) in [5, 5.41) is 9.11. The fourth-order valence-corrected chi connectivity index (χ4v) is 5.01. The summed E-state index contributed by atoms with van der Waals surface area (Å²) < 4.78 is 52.8. The van der Waals surface area contributed by atoms with Gasteiger partial charge in [-0.05, 0) is 30.2 Å². The number of nitrogens with zero attached hydrogens (tertiary/aromatic N) is 1. The van der Waals surface area contributed by atoms with Crippen molar-refractivity contribution in [3.63, 3.8) is 0 Å². The van der Waals surface area contributed by atoms with Crippen LogP contribution in [0, 0.1) is 5.92 Å². The number of sulfonamides is 2. The molecule has 0 aliphatic carbocycles. The molecule has 0 heterocycles. The van der Waals surface area contributed by atoms with E-state index in [0.717, 1.165) is 12.1 Å². The molecule has 0 aliphatic rings. The molecule has 8 nitrogen and oxygen atoms in total. The van der Waals surface area contributed by atoms with E-state index in [1.165, 1.54) is 16.4 Å². The predicted octanol–water partition coefficient (Wildman–Crippen LogP) is 1.10. The Hall–Kier alpha value is -1.49. The lowest BCUT2D eigenvalue weighted by Crippen LogP contribution is -2.44. The minimum Gasteiger partial charge on any atom is -0.480 e. The van der Waals surface area contributed by atoms with Gasteiger partial charge in [0.1, 0.15) is 6.04 Å². The Morgan fingerprint density at radius 1 is 1.04 bits per heavy atom. The first-order valence-corrected chi connectivity index (χ1v) is 10.7. The van der Waals surface area contributed by atoms with Crippen LogP contribution in [-0.4, -0.2) is 51.3 Å². The Kier molecular flexibility index (Phi) is 7.12. The number of carboxylic acids is 1. The van der Waals surface area contributed by atoms with Crippen LogP contribution in [0.25, 0.3) is 0 Å². The quantitative estimate of drug-likeness (QED) is 0.649. The molecule has 142 valence electrons. The molecule has 0 spiro atoms. The second-order valence-electron chi connectivity index (χ2n) is 5.74. The number of carbonyl (C=O) groups is 1. The van der Waals surface area contributed by atoms with E-state index in [9.17, 15) is 21.6 Å². The van der Waals surface area contributed by atoms with Crippen LogP contribution in [0.15, 0.2) is 34.1 Å². The topological polar surface area (TPSA) is 121 Å². The Labute approximate surface area is 149 Å². The highest BCUT2D eigenvalue weighted by Crippen LogP contribution is 2.19. The third kappa shape index (κ3) is 5.00. The summed E-state index contributed by atoms with van der Waals surface area (Å²) >= 11 is 0. The lowest BCUT2D eigenvalue weighted by molar-refractivity contribution is -0.140. The first-order valence-electron chi connectivity index (χ1n) is 7.82. The largest absolute Gasteiger partial charge is 0.480 e. The molecule has 1 aromatic rings. The lowest BCUT2D eigenvalue weighted by atomic mass is 10.1. The molecular weight excluding hydrogens is 368 g/mol. The summed E-state index contributed by atoms with van der Waals surface area (Å²) in [6.07, 6.45) is 0. The second-order valence-corrected chi connectivity index (χ2v) is 9.39. The van der Waals surface area contributed by atoms with E-state index < -0.39 is 38.0 Å². The highest BCUT2D eigenvalue weighted by Gasteiger charge is 2.28. The molecule has 1 unspecified atom stereocenters. The van der Waals surface area contributed by atoms with Crippen LogP contribution in [0.4, 0.5) is 0 Å². The maximum Gasteiger partial charge on any atom is 0.322 e. The predicted molar refractivity (Wildman–Crippen MR) is 93.1 cm³/mol. The van der Waals surface area contributed by atoms with Crippen LogP contribution >= 0.6 is 0 Å². The summed E-state index contributed by atoms with van der Waals surface area (Å²) in [7, 11) is -7.77. The average Bonchev–Trinajstić information content (AvgIpc) is 2.53. The number of hydrogen-bond acceptors (Lipinski definition) is 5. The summed E-state index contributed by atoms with van der Waals surface area (Å²) in [5.41, 5.74) is 0. The number of nitrogens with one attached hydrogen (secondary N) is 1. The molecule has 0 saturated heterocycles. The highest BCUT2D eigenvalue weighted by atomic mass is 32.2. The molecule has 1 rings (SSSR count). The number of hydrogen-bond donors (Lipinski definition) is 2. The van der Waals surface area contributed by atoms with E-state index in [4.69, 9.17) is 5.11 Å². The molecule has 2 N–H and O–H groups in total. The van der Waals surface area contributed by atoms with Crippen LogP contribution in [0.2, 0.25) is 0 Å². The van der Waals surface area contributed by atoms with Gasteiger partial charge in [0.15, 0.2) is 0 Å². The summed E-state index contributed by atoms with van der Waals surface area (Å²) in [6.45, 7) is 7.19. The molecule has 0 aliphatic heterocycles. The summed E-state index contributed by atoms with van der Waals surface area (Å²) in [6, 6.07) is 3.43. The van der Waals surface area contributed by atoms with E-state index in [-0.39, 0.29) is 9.79 Å². The average molecular weight is 392 g/mol. The van der Waals surface area contributed by atoms with Crippen LogP contribution < -0.4 is 4.72 Å². The Balaban J connectivity index is 3.16. The third-order valence-electron chi connectivity index (χ3n) is 3.69. The minimum absolute atomic E-state index is 0.0196. The van der Waals surface area contributed by atoms with E-state index >= 15 is 0 Å². The molecule has 1 aromatic carbocycles. The fraction of sp³-hybridized carbons (Fsp3) is 0.533. The van der Waals surface area contributed by atoms with Crippen LogP contribution in [-0.2, 0) is 24.8 Å². The normalized spacial score (nSPS) is 14.0. The van der Waals surface area contributed by atoms with Crippen LogP contribution in [0.3, 0.4) is 0 Å². The number of rotatable bonds is 9. The van der Waals surface area contributed by atoms with E-state index in [0.29, 0.717) is 13.1 Å². The maximum absolute atomic E-state index is 12.4. The van der Waals surface area contributed by atoms with Crippen molar-refractivity contribution in [1.82, 2.24) is 9.03 Å². The first kappa shape index (κ1) is 21.6. The molecule has 0 saturated carbocycles. The second kappa shape index (κ2) is 8.26. The summed E-state index contributed by atoms with van der Waals surface area (Å²) in [4.78, 5) is 10.9. The van der Waals surface area contributed by atoms with Crippen molar-refractivity contribution in [3.8, 4) is 0 Å². The molecule has 0 bridgehead atoms. The molecule has 0 radical (unpaired) electrons. The standard InChI is InChI=1S/C15H24N2O6S2/c1-5-17(6-2)25(22,23)13-9-7-12(8-10-13)24(20,21)16-14(11(3)4)15(18)19/h7-11,14,16H,5-6H2,1-4H3,(H,18,19). The number of carboxylic acid groups (broad SMARTS) is 1. The van der Waals surface area contributed by atoms with Crippen LogP contribution in [0.5, 0.6) is 0 Å². The molecule has 25 heavy (non-hydrogen) atoms. The van der Waals surface area contributed by atoms with Gasteiger partial charge in [-0.2, -0.15) is 9.03 Å². The monoisotopic (exact) mass is 392 g/mol. The van der Waals surface area contributed by atoms with Crippen molar-refractivity contribution < 1.29 is 26.7 Å². The van der Waals surface area contributed by atoms with Gasteiger partial charge in [-0.1, -0.05) is 27.7 Å². The van der Waals surface area contributed by atoms with Crippen molar-refractivity contribution in [2.75, 3.05) is 13.1 Å². The van der Waals surface area contributed by atoms with Gasteiger partial charge in [-0.25, -0.2) is 16.8 Å². The van der Waals surface area contributed by atoms with Gasteiger partial charge in [0.2, 0.25) is 20.0 Å². The van der Waals surface area contributed by atoms with Gasteiger partial charge in [-0.15, -0.1) is 0 Å². The number of benzene rings is 1. The molecule has 1 atom stereocenters. The van der Waals surface area contributed by atoms with Crippen LogP contribution in [0.1, 0.15) is 27.7 Å². The van der Waals surface area contributed by atoms with E-state index in [1.54, 1.807) is 27.7 Å². The molecule has 10 heteroatoms. The van der Waals surface area contributed by atoms with Gasteiger partial charge < -0.3 is 5.11 Å².